The fraction of sp³-hybridized carbons (Fsp3) is 0.320. The second-order valence-electron chi connectivity index (χ2n) is 8.71. The SMILES string of the molecule is CCOC(=O)C1=C(N)N(c2ccccc2)C2=C(C(=O)CC(C)(C)C2)C1c1cccnc1. The van der Waals surface area contributed by atoms with E-state index in [2.05, 4.69) is 18.8 Å². The number of pyridine rings is 1. The topological polar surface area (TPSA) is 85.5 Å². The summed E-state index contributed by atoms with van der Waals surface area (Å²) >= 11 is 0. The lowest BCUT2D eigenvalue weighted by molar-refractivity contribution is -0.138. The highest BCUT2D eigenvalue weighted by molar-refractivity contribution is 6.05. The standard InChI is InChI=1S/C25H27N3O3/c1-4-31-24(30)22-20(16-9-8-12-27-15-16)21-18(13-25(2,3)14-19(21)29)28(23(22)26)17-10-6-5-7-11-17/h5-12,15,20H,4,13-14,26H2,1-3H3. The van der Waals surface area contributed by atoms with E-state index >= 15 is 0 Å². The van der Waals surface area contributed by atoms with Crippen LogP contribution in [0, 0.1) is 5.41 Å². The summed E-state index contributed by atoms with van der Waals surface area (Å²) < 4.78 is 5.39. The molecule has 4 rings (SSSR count). The molecule has 6 heteroatoms. The molecule has 0 fully saturated rings. The van der Waals surface area contributed by atoms with Crippen molar-refractivity contribution < 1.29 is 14.3 Å². The molecule has 160 valence electrons. The van der Waals surface area contributed by atoms with Gasteiger partial charge in [0, 0.05) is 35.8 Å². The van der Waals surface area contributed by atoms with Crippen molar-refractivity contribution in [2.24, 2.45) is 11.1 Å². The molecule has 1 aromatic carbocycles. The third kappa shape index (κ3) is 3.74. The Morgan fingerprint density at radius 1 is 1.19 bits per heavy atom. The molecule has 0 radical (unpaired) electrons. The average molecular weight is 418 g/mol. The molecule has 31 heavy (non-hydrogen) atoms. The molecule has 1 aliphatic carbocycles. The minimum Gasteiger partial charge on any atom is -0.463 e. The quantitative estimate of drug-likeness (QED) is 0.755. The van der Waals surface area contributed by atoms with Gasteiger partial charge in [0.2, 0.25) is 0 Å². The van der Waals surface area contributed by atoms with Gasteiger partial charge in [0.25, 0.3) is 0 Å². The lowest BCUT2D eigenvalue weighted by Crippen LogP contribution is -2.43. The number of ether oxygens (including phenoxy) is 1. The lowest BCUT2D eigenvalue weighted by atomic mass is 9.68. The highest BCUT2D eigenvalue weighted by atomic mass is 16.5. The summed E-state index contributed by atoms with van der Waals surface area (Å²) in [6.45, 7) is 6.13. The smallest absolute Gasteiger partial charge is 0.338 e. The van der Waals surface area contributed by atoms with Crippen molar-refractivity contribution in [2.75, 3.05) is 11.5 Å². The van der Waals surface area contributed by atoms with Crippen LogP contribution in [0.1, 0.15) is 45.1 Å². The maximum atomic E-state index is 13.5. The molecular weight excluding hydrogens is 390 g/mol. The maximum Gasteiger partial charge on any atom is 0.338 e. The lowest BCUT2D eigenvalue weighted by Gasteiger charge is -2.44. The first kappa shape index (κ1) is 20.8. The number of nitrogens with zero attached hydrogens (tertiary/aromatic N) is 2. The van der Waals surface area contributed by atoms with Gasteiger partial charge in [0.05, 0.1) is 18.1 Å². The van der Waals surface area contributed by atoms with Gasteiger partial charge < -0.3 is 10.5 Å². The normalized spacial score (nSPS) is 20.5. The first-order chi connectivity index (χ1) is 14.8. The van der Waals surface area contributed by atoms with Gasteiger partial charge >= 0.3 is 5.97 Å². The number of Topliss-reactive ketones (excluding diaryl/α,β-unsaturated/α-hetero) is 1. The van der Waals surface area contributed by atoms with E-state index in [0.717, 1.165) is 16.9 Å². The van der Waals surface area contributed by atoms with Crippen LogP contribution >= 0.6 is 0 Å². The number of allylic oxidation sites excluding steroid dienone is 2. The molecule has 0 saturated heterocycles. The second kappa shape index (κ2) is 8.02. The van der Waals surface area contributed by atoms with Gasteiger partial charge in [-0.25, -0.2) is 4.79 Å². The van der Waals surface area contributed by atoms with Crippen LogP contribution in [0.4, 0.5) is 5.69 Å². The summed E-state index contributed by atoms with van der Waals surface area (Å²) in [6.07, 6.45) is 4.42. The van der Waals surface area contributed by atoms with Crippen LogP contribution in [-0.4, -0.2) is 23.3 Å². The van der Waals surface area contributed by atoms with Crippen molar-refractivity contribution in [2.45, 2.75) is 39.5 Å². The number of esters is 1. The van der Waals surface area contributed by atoms with Crippen molar-refractivity contribution in [3.8, 4) is 0 Å². The summed E-state index contributed by atoms with van der Waals surface area (Å²) in [5, 5.41) is 0. The molecule has 2 aliphatic rings. The molecule has 0 amide bonds. The van der Waals surface area contributed by atoms with E-state index in [1.807, 2.05) is 41.3 Å². The second-order valence-corrected chi connectivity index (χ2v) is 8.71. The summed E-state index contributed by atoms with van der Waals surface area (Å²) in [7, 11) is 0. The number of hydrogen-bond acceptors (Lipinski definition) is 6. The molecule has 2 N–H and O–H groups in total. The van der Waals surface area contributed by atoms with Crippen LogP contribution in [0.2, 0.25) is 0 Å². The van der Waals surface area contributed by atoms with Crippen molar-refractivity contribution in [1.29, 1.82) is 0 Å². The molecule has 1 aromatic heterocycles. The van der Waals surface area contributed by atoms with E-state index in [4.69, 9.17) is 10.5 Å². The first-order valence-corrected chi connectivity index (χ1v) is 10.5. The number of hydrogen-bond donors (Lipinski definition) is 1. The van der Waals surface area contributed by atoms with Gasteiger partial charge in [-0.15, -0.1) is 0 Å². The van der Waals surface area contributed by atoms with Crippen molar-refractivity contribution in [1.82, 2.24) is 4.98 Å². The van der Waals surface area contributed by atoms with Crippen LogP contribution in [0.3, 0.4) is 0 Å². The number of ketones is 1. The average Bonchev–Trinajstić information content (AvgIpc) is 2.73. The zero-order valence-corrected chi connectivity index (χ0v) is 18.1. The fourth-order valence-corrected chi connectivity index (χ4v) is 4.57. The molecular formula is C25H27N3O3. The zero-order chi connectivity index (χ0) is 22.2. The Bertz CT molecular complexity index is 1070. The number of nitrogens with two attached hydrogens (primary N) is 1. The van der Waals surface area contributed by atoms with Gasteiger partial charge in [-0.2, -0.15) is 0 Å². The van der Waals surface area contributed by atoms with Crippen molar-refractivity contribution >= 4 is 17.4 Å². The van der Waals surface area contributed by atoms with Crippen molar-refractivity contribution in [3.63, 3.8) is 0 Å². The Morgan fingerprint density at radius 3 is 2.58 bits per heavy atom. The Hall–Kier alpha value is -3.41. The zero-order valence-electron chi connectivity index (χ0n) is 18.1. The molecule has 0 spiro atoms. The molecule has 1 aliphatic heterocycles. The van der Waals surface area contributed by atoms with Crippen LogP contribution in [0.15, 0.2) is 77.5 Å². The molecule has 2 aromatic rings. The Kier molecular flexibility index (Phi) is 5.39. The molecule has 1 atom stereocenters. The van der Waals surface area contributed by atoms with Gasteiger partial charge in [-0.05, 0) is 42.5 Å². The fourth-order valence-electron chi connectivity index (χ4n) is 4.57. The van der Waals surface area contributed by atoms with Gasteiger partial charge in [0.15, 0.2) is 5.78 Å². The predicted molar refractivity (Wildman–Crippen MR) is 119 cm³/mol. The minimum absolute atomic E-state index is 0.0235. The number of carbonyl (C=O) groups excluding carboxylic acids is 2. The van der Waals surface area contributed by atoms with Gasteiger partial charge in [-0.1, -0.05) is 38.1 Å². The van der Waals surface area contributed by atoms with Crippen LogP contribution in [0.5, 0.6) is 0 Å². The van der Waals surface area contributed by atoms with Crippen LogP contribution in [-0.2, 0) is 14.3 Å². The van der Waals surface area contributed by atoms with E-state index in [9.17, 15) is 9.59 Å². The van der Waals surface area contributed by atoms with Crippen molar-refractivity contribution in [3.05, 3.63) is 83.1 Å². The number of aromatic nitrogens is 1. The van der Waals surface area contributed by atoms with E-state index in [1.54, 1.807) is 25.4 Å². The summed E-state index contributed by atoms with van der Waals surface area (Å²) in [4.78, 5) is 32.7. The highest BCUT2D eigenvalue weighted by Gasteiger charge is 2.46. The van der Waals surface area contributed by atoms with E-state index in [-0.39, 0.29) is 23.4 Å². The minimum atomic E-state index is -0.605. The maximum absolute atomic E-state index is 13.5. The largest absolute Gasteiger partial charge is 0.463 e. The number of anilines is 1. The molecule has 2 heterocycles. The third-order valence-corrected chi connectivity index (χ3v) is 5.79. The summed E-state index contributed by atoms with van der Waals surface area (Å²) in [6, 6.07) is 13.3. The Labute approximate surface area is 182 Å². The van der Waals surface area contributed by atoms with E-state index in [0.29, 0.717) is 24.2 Å². The summed E-state index contributed by atoms with van der Waals surface area (Å²) in [5.74, 6) is -0.802. The van der Waals surface area contributed by atoms with Gasteiger partial charge in [0.1, 0.15) is 5.82 Å². The molecule has 1 unspecified atom stereocenters. The predicted octanol–water partition coefficient (Wildman–Crippen LogP) is 4.06. The van der Waals surface area contributed by atoms with Crippen LogP contribution < -0.4 is 10.6 Å². The van der Waals surface area contributed by atoms with E-state index in [1.165, 1.54) is 0 Å². The molecule has 0 saturated carbocycles. The number of para-hydroxylation sites is 1. The van der Waals surface area contributed by atoms with Crippen LogP contribution in [0.25, 0.3) is 0 Å². The number of benzene rings is 1. The monoisotopic (exact) mass is 417 g/mol. The number of rotatable bonds is 4. The molecule has 0 bridgehead atoms. The van der Waals surface area contributed by atoms with E-state index < -0.39 is 11.9 Å². The first-order valence-electron chi connectivity index (χ1n) is 10.5. The molecule has 6 nitrogen and oxygen atoms in total. The third-order valence-electron chi connectivity index (χ3n) is 5.79. The Balaban J connectivity index is 2.01. The highest BCUT2D eigenvalue weighted by Crippen LogP contribution is 2.50. The van der Waals surface area contributed by atoms with Gasteiger partial charge in [-0.3, -0.25) is 14.7 Å². The Morgan fingerprint density at radius 2 is 1.94 bits per heavy atom. The summed E-state index contributed by atoms with van der Waals surface area (Å²) in [5.41, 5.74) is 9.76. The number of carbonyl (C=O) groups is 2.